The van der Waals surface area contributed by atoms with Crippen molar-refractivity contribution in [3.63, 3.8) is 0 Å². The average molecular weight is 398 g/mol. The van der Waals surface area contributed by atoms with E-state index in [2.05, 4.69) is 37.4 Å². The molecule has 0 spiro atoms. The number of carbonyl (C=O) groups excluding carboxylic acids is 1. The Hall–Kier alpha value is -2.24. The van der Waals surface area contributed by atoms with E-state index in [0.29, 0.717) is 10.8 Å². The Morgan fingerprint density at radius 3 is 2.63 bits per heavy atom. The van der Waals surface area contributed by atoms with Gasteiger partial charge < -0.3 is 5.32 Å². The van der Waals surface area contributed by atoms with Crippen LogP contribution >= 0.6 is 23.4 Å². The van der Waals surface area contributed by atoms with Crippen molar-refractivity contribution >= 4 is 35.1 Å². The molecule has 27 heavy (non-hydrogen) atoms. The Balaban J connectivity index is 1.91. The number of halogens is 1. The molecule has 1 aliphatic heterocycles. The highest BCUT2D eigenvalue weighted by molar-refractivity contribution is 8.00. The van der Waals surface area contributed by atoms with E-state index in [-0.39, 0.29) is 11.2 Å². The van der Waals surface area contributed by atoms with Gasteiger partial charge in [-0.1, -0.05) is 35.4 Å². The summed E-state index contributed by atoms with van der Waals surface area (Å²) in [6, 6.07) is 14.0. The van der Waals surface area contributed by atoms with Crippen molar-refractivity contribution < 1.29 is 4.79 Å². The van der Waals surface area contributed by atoms with E-state index in [1.165, 1.54) is 16.7 Å². The molecule has 0 fully saturated rings. The Kier molecular flexibility index (Phi) is 4.74. The van der Waals surface area contributed by atoms with E-state index in [1.54, 1.807) is 11.8 Å². The number of anilines is 1. The van der Waals surface area contributed by atoms with Gasteiger partial charge in [0, 0.05) is 10.6 Å². The molecule has 3 aromatic rings. The predicted octanol–water partition coefficient (Wildman–Crippen LogP) is 5.23. The van der Waals surface area contributed by atoms with E-state index >= 15 is 0 Å². The summed E-state index contributed by atoms with van der Waals surface area (Å²) in [5.74, 6) is 1.15. The molecule has 2 aromatic carbocycles. The fraction of sp³-hybridized carbons (Fsp3) is 0.238. The van der Waals surface area contributed by atoms with E-state index in [4.69, 9.17) is 16.7 Å². The van der Waals surface area contributed by atoms with Crippen LogP contribution < -0.4 is 5.32 Å². The third-order valence-electron chi connectivity index (χ3n) is 4.80. The molecule has 0 radical (unpaired) electrons. The molecule has 1 amide bonds. The molecular formula is C21H20ClN3OS. The zero-order chi connectivity index (χ0) is 19.1. The van der Waals surface area contributed by atoms with Gasteiger partial charge in [-0.3, -0.25) is 4.79 Å². The minimum Gasteiger partial charge on any atom is -0.310 e. The van der Waals surface area contributed by atoms with Gasteiger partial charge in [-0.15, -0.1) is 11.8 Å². The van der Waals surface area contributed by atoms with Crippen LogP contribution in [0.5, 0.6) is 0 Å². The molecule has 0 saturated heterocycles. The van der Waals surface area contributed by atoms with E-state index in [0.717, 1.165) is 22.8 Å². The third-order valence-corrected chi connectivity index (χ3v) is 6.30. The summed E-state index contributed by atoms with van der Waals surface area (Å²) in [5.41, 5.74) is 6.52. The number of aromatic nitrogens is 2. The van der Waals surface area contributed by atoms with Gasteiger partial charge in [0.1, 0.15) is 5.82 Å². The zero-order valence-electron chi connectivity index (χ0n) is 15.4. The van der Waals surface area contributed by atoms with Gasteiger partial charge in [-0.25, -0.2) is 4.68 Å². The van der Waals surface area contributed by atoms with Crippen molar-refractivity contribution in [3.05, 3.63) is 75.4 Å². The number of carbonyl (C=O) groups is 1. The lowest BCUT2D eigenvalue weighted by Crippen LogP contribution is -2.15. The van der Waals surface area contributed by atoms with Crippen LogP contribution in [0.4, 0.5) is 5.82 Å². The summed E-state index contributed by atoms with van der Waals surface area (Å²) in [7, 11) is 0. The van der Waals surface area contributed by atoms with Crippen LogP contribution in [0.15, 0.2) is 42.5 Å². The van der Waals surface area contributed by atoms with Crippen molar-refractivity contribution in [2.75, 3.05) is 11.1 Å². The van der Waals surface area contributed by atoms with Crippen LogP contribution in [0.1, 0.15) is 33.2 Å². The number of hydrogen-bond donors (Lipinski definition) is 1. The van der Waals surface area contributed by atoms with Crippen molar-refractivity contribution in [2.24, 2.45) is 0 Å². The van der Waals surface area contributed by atoms with Crippen molar-refractivity contribution in [1.29, 1.82) is 0 Å². The maximum Gasteiger partial charge on any atom is 0.235 e. The van der Waals surface area contributed by atoms with Crippen LogP contribution in [0.25, 0.3) is 5.69 Å². The van der Waals surface area contributed by atoms with Crippen LogP contribution in [0.3, 0.4) is 0 Å². The molecule has 138 valence electrons. The first-order valence-electron chi connectivity index (χ1n) is 8.78. The van der Waals surface area contributed by atoms with Crippen LogP contribution in [-0.2, 0) is 4.79 Å². The molecule has 1 aromatic heterocycles. The largest absolute Gasteiger partial charge is 0.310 e. The molecule has 1 atom stereocenters. The fourth-order valence-electron chi connectivity index (χ4n) is 3.44. The number of nitrogens with one attached hydrogen (secondary N) is 1. The van der Waals surface area contributed by atoms with Gasteiger partial charge in [0.2, 0.25) is 5.91 Å². The normalized spacial score (nSPS) is 16.6. The molecule has 0 bridgehead atoms. The number of aryl methyl sites for hydroxylation is 3. The van der Waals surface area contributed by atoms with Gasteiger partial charge in [0.15, 0.2) is 0 Å². The smallest absolute Gasteiger partial charge is 0.235 e. The van der Waals surface area contributed by atoms with Crippen LogP contribution in [0, 0.1) is 20.8 Å². The number of nitrogens with zero attached hydrogens (tertiary/aromatic N) is 2. The van der Waals surface area contributed by atoms with E-state index in [9.17, 15) is 4.79 Å². The maximum absolute atomic E-state index is 12.4. The summed E-state index contributed by atoms with van der Waals surface area (Å²) < 4.78 is 1.81. The van der Waals surface area contributed by atoms with Crippen molar-refractivity contribution in [1.82, 2.24) is 9.78 Å². The highest BCUT2D eigenvalue weighted by atomic mass is 35.5. The second kappa shape index (κ2) is 7.06. The first kappa shape index (κ1) is 18.1. The molecule has 0 saturated carbocycles. The van der Waals surface area contributed by atoms with Gasteiger partial charge in [0.25, 0.3) is 0 Å². The van der Waals surface area contributed by atoms with Gasteiger partial charge in [-0.05, 0) is 56.2 Å². The van der Waals surface area contributed by atoms with E-state index in [1.807, 2.05) is 35.9 Å². The van der Waals surface area contributed by atoms with Gasteiger partial charge >= 0.3 is 0 Å². The number of fused-ring (bicyclic) bond motifs is 1. The molecule has 6 heteroatoms. The predicted molar refractivity (Wildman–Crippen MR) is 112 cm³/mol. The number of hydrogen-bond acceptors (Lipinski definition) is 3. The van der Waals surface area contributed by atoms with Gasteiger partial charge in [-0.2, -0.15) is 5.10 Å². The van der Waals surface area contributed by atoms with E-state index < -0.39 is 0 Å². The summed E-state index contributed by atoms with van der Waals surface area (Å²) in [6.07, 6.45) is 0. The number of thioether (sulfide) groups is 1. The lowest BCUT2D eigenvalue weighted by Gasteiger charge is -2.18. The average Bonchev–Trinajstić information content (AvgIpc) is 2.84. The molecule has 4 nitrogen and oxygen atoms in total. The summed E-state index contributed by atoms with van der Waals surface area (Å²) in [6.45, 7) is 6.22. The molecule has 4 rings (SSSR count). The second-order valence-electron chi connectivity index (χ2n) is 6.84. The first-order valence-corrected chi connectivity index (χ1v) is 10.2. The minimum atomic E-state index is -0.0100. The van der Waals surface area contributed by atoms with Crippen molar-refractivity contribution in [3.8, 4) is 5.69 Å². The lowest BCUT2D eigenvalue weighted by molar-refractivity contribution is -0.113. The quantitative estimate of drug-likeness (QED) is 0.644. The van der Waals surface area contributed by atoms with Gasteiger partial charge in [0.05, 0.1) is 22.4 Å². The first-order chi connectivity index (χ1) is 12.9. The van der Waals surface area contributed by atoms with Crippen LogP contribution in [0.2, 0.25) is 5.02 Å². The molecule has 1 unspecified atom stereocenters. The second-order valence-corrected chi connectivity index (χ2v) is 8.37. The number of rotatable bonds is 2. The standard InChI is InChI=1S/C21H20ClN3OS/c1-12-4-5-13(2)17(10-12)20-19-14(3)24-25(16-8-6-15(22)7-9-16)21(19)23-18(26)11-27-20/h4-10,20H,11H2,1-3H3,(H,23,26). The lowest BCUT2D eigenvalue weighted by atomic mass is 9.98. The molecule has 0 aliphatic carbocycles. The monoisotopic (exact) mass is 397 g/mol. The topological polar surface area (TPSA) is 46.9 Å². The highest BCUT2D eigenvalue weighted by Crippen LogP contribution is 2.45. The molecular weight excluding hydrogens is 378 g/mol. The summed E-state index contributed by atoms with van der Waals surface area (Å²) >= 11 is 7.68. The Bertz CT molecular complexity index is 1030. The molecule has 2 heterocycles. The number of amides is 1. The molecule has 1 aliphatic rings. The third kappa shape index (κ3) is 3.37. The molecule has 1 N–H and O–H groups in total. The summed E-state index contributed by atoms with van der Waals surface area (Å²) in [5, 5.41) is 8.53. The summed E-state index contributed by atoms with van der Waals surface area (Å²) in [4.78, 5) is 12.4. The maximum atomic E-state index is 12.4. The highest BCUT2D eigenvalue weighted by Gasteiger charge is 2.31. The SMILES string of the molecule is Cc1ccc(C)c(C2SCC(=O)Nc3c2c(C)nn3-c2ccc(Cl)cc2)c1. The van der Waals surface area contributed by atoms with Crippen molar-refractivity contribution in [2.45, 2.75) is 26.0 Å². The Morgan fingerprint density at radius 2 is 1.89 bits per heavy atom. The minimum absolute atomic E-state index is 0.0100. The fourth-order valence-corrected chi connectivity index (χ4v) is 4.84. The van der Waals surface area contributed by atoms with Crippen LogP contribution in [-0.4, -0.2) is 21.4 Å². The number of benzene rings is 2. The zero-order valence-corrected chi connectivity index (χ0v) is 17.0. The Morgan fingerprint density at radius 1 is 1.15 bits per heavy atom. The Labute approximate surface area is 167 Å².